The first kappa shape index (κ1) is 23.0. The van der Waals surface area contributed by atoms with E-state index >= 15 is 0 Å². The second kappa shape index (κ2) is 10.2. The third-order valence-electron chi connectivity index (χ3n) is 6.78. The highest BCUT2D eigenvalue weighted by molar-refractivity contribution is 6.21. The molecule has 0 aliphatic carbocycles. The van der Waals surface area contributed by atoms with Gasteiger partial charge in [0, 0.05) is 70.2 Å². The molecule has 8 heteroatoms. The Balaban J connectivity index is 1.05. The second-order valence-corrected chi connectivity index (χ2v) is 8.94. The van der Waals surface area contributed by atoms with Crippen LogP contribution in [-0.4, -0.2) is 81.2 Å². The van der Waals surface area contributed by atoms with Crippen molar-refractivity contribution in [2.45, 2.75) is 19.4 Å². The molecule has 1 aromatic heterocycles. The molecule has 0 unspecified atom stereocenters. The number of carbonyl (C=O) groups excluding carboxylic acids is 3. The molecule has 35 heavy (non-hydrogen) atoms. The van der Waals surface area contributed by atoms with Crippen LogP contribution in [0.15, 0.2) is 67.0 Å². The number of hydrogen-bond acceptors (Lipinski definition) is 5. The molecule has 180 valence electrons. The summed E-state index contributed by atoms with van der Waals surface area (Å²) in [5.41, 5.74) is 2.01. The lowest BCUT2D eigenvalue weighted by atomic mass is 10.1. The molecule has 0 saturated carbocycles. The molecule has 0 spiro atoms. The monoisotopic (exact) mass is 471 g/mol. The number of piperazine rings is 1. The summed E-state index contributed by atoms with van der Waals surface area (Å²) in [5, 5.41) is 0. The molecule has 1 saturated heterocycles. The normalized spacial score (nSPS) is 16.1. The Morgan fingerprint density at radius 2 is 1.46 bits per heavy atom. The number of imide groups is 1. The van der Waals surface area contributed by atoms with Crippen LogP contribution >= 0.6 is 0 Å². The van der Waals surface area contributed by atoms with Gasteiger partial charge in [0.1, 0.15) is 5.82 Å². The Morgan fingerprint density at radius 3 is 2.14 bits per heavy atom. The molecule has 0 N–H and O–H groups in total. The SMILES string of the molecule is O=C(CCCN1C(=O)c2ccccc2C1=O)N1CCN(CCn2ccnc2-c2ccccc2)CC1. The molecule has 2 aliphatic heterocycles. The van der Waals surface area contributed by atoms with Crippen molar-refractivity contribution in [3.05, 3.63) is 78.1 Å². The average molecular weight is 472 g/mol. The summed E-state index contributed by atoms with van der Waals surface area (Å²) in [6.07, 6.45) is 4.66. The van der Waals surface area contributed by atoms with E-state index in [1.807, 2.05) is 35.5 Å². The molecule has 3 aromatic rings. The van der Waals surface area contributed by atoms with Crippen molar-refractivity contribution in [2.75, 3.05) is 39.3 Å². The summed E-state index contributed by atoms with van der Waals surface area (Å²) in [4.78, 5) is 47.7. The van der Waals surface area contributed by atoms with Gasteiger partial charge in [0.2, 0.25) is 5.91 Å². The number of benzene rings is 2. The summed E-state index contributed by atoms with van der Waals surface area (Å²) in [6, 6.07) is 17.0. The maximum absolute atomic E-state index is 12.7. The molecular weight excluding hydrogens is 442 g/mol. The lowest BCUT2D eigenvalue weighted by Crippen LogP contribution is -2.49. The molecule has 0 bridgehead atoms. The number of aromatic nitrogens is 2. The van der Waals surface area contributed by atoms with Crippen LogP contribution in [-0.2, 0) is 11.3 Å². The zero-order valence-electron chi connectivity index (χ0n) is 19.7. The van der Waals surface area contributed by atoms with E-state index in [1.54, 1.807) is 24.3 Å². The van der Waals surface area contributed by atoms with Gasteiger partial charge in [0.25, 0.3) is 11.8 Å². The third-order valence-corrected chi connectivity index (χ3v) is 6.78. The maximum Gasteiger partial charge on any atom is 0.261 e. The molecular formula is C27H29N5O3. The number of rotatable bonds is 8. The fourth-order valence-electron chi connectivity index (χ4n) is 4.80. The van der Waals surface area contributed by atoms with Crippen LogP contribution in [0.5, 0.6) is 0 Å². The van der Waals surface area contributed by atoms with Gasteiger partial charge in [0.15, 0.2) is 0 Å². The first-order valence-corrected chi connectivity index (χ1v) is 12.1. The van der Waals surface area contributed by atoms with Crippen LogP contribution in [0, 0.1) is 0 Å². The van der Waals surface area contributed by atoms with Gasteiger partial charge in [0.05, 0.1) is 11.1 Å². The van der Waals surface area contributed by atoms with Crippen molar-refractivity contribution in [3.8, 4) is 11.4 Å². The summed E-state index contributed by atoms with van der Waals surface area (Å²) in [5.74, 6) is 0.527. The van der Waals surface area contributed by atoms with E-state index < -0.39 is 0 Å². The van der Waals surface area contributed by atoms with E-state index in [2.05, 4.69) is 26.6 Å². The highest BCUT2D eigenvalue weighted by atomic mass is 16.2. The number of imidazole rings is 1. The van der Waals surface area contributed by atoms with Crippen molar-refractivity contribution in [1.82, 2.24) is 24.3 Å². The van der Waals surface area contributed by atoms with E-state index in [0.29, 0.717) is 37.1 Å². The van der Waals surface area contributed by atoms with E-state index in [-0.39, 0.29) is 24.3 Å². The molecule has 3 heterocycles. The van der Waals surface area contributed by atoms with Gasteiger partial charge >= 0.3 is 0 Å². The van der Waals surface area contributed by atoms with Crippen molar-refractivity contribution in [1.29, 1.82) is 0 Å². The summed E-state index contributed by atoms with van der Waals surface area (Å²) in [6.45, 7) is 5.07. The molecule has 0 atom stereocenters. The van der Waals surface area contributed by atoms with Gasteiger partial charge in [-0.05, 0) is 18.6 Å². The minimum atomic E-state index is -0.264. The first-order chi connectivity index (χ1) is 17.1. The van der Waals surface area contributed by atoms with Gasteiger partial charge in [-0.25, -0.2) is 4.98 Å². The Kier molecular flexibility index (Phi) is 6.72. The Labute approximate surface area is 204 Å². The predicted octanol–water partition coefficient (Wildman–Crippen LogP) is 2.77. The highest BCUT2D eigenvalue weighted by Gasteiger charge is 2.34. The number of fused-ring (bicyclic) bond motifs is 1. The number of carbonyl (C=O) groups is 3. The van der Waals surface area contributed by atoms with Gasteiger partial charge in [-0.1, -0.05) is 42.5 Å². The molecule has 0 radical (unpaired) electrons. The fraction of sp³-hybridized carbons (Fsp3) is 0.333. The van der Waals surface area contributed by atoms with Gasteiger partial charge in [-0.3, -0.25) is 24.2 Å². The zero-order chi connectivity index (χ0) is 24.2. The molecule has 8 nitrogen and oxygen atoms in total. The molecule has 1 fully saturated rings. The highest BCUT2D eigenvalue weighted by Crippen LogP contribution is 2.23. The lowest BCUT2D eigenvalue weighted by molar-refractivity contribution is -0.133. The van der Waals surface area contributed by atoms with Crippen LogP contribution in [0.3, 0.4) is 0 Å². The van der Waals surface area contributed by atoms with E-state index in [0.717, 1.165) is 37.6 Å². The van der Waals surface area contributed by atoms with E-state index in [4.69, 9.17) is 0 Å². The quantitative estimate of drug-likeness (QED) is 0.472. The second-order valence-electron chi connectivity index (χ2n) is 8.94. The molecule has 2 aliphatic rings. The zero-order valence-corrected chi connectivity index (χ0v) is 19.7. The molecule has 2 aromatic carbocycles. The van der Waals surface area contributed by atoms with Crippen LogP contribution in [0.4, 0.5) is 0 Å². The number of amides is 3. The number of hydrogen-bond donors (Lipinski definition) is 0. The standard InChI is InChI=1S/C27H29N5O3/c33-24(11-6-13-32-26(34)22-9-4-5-10-23(22)27(32)35)30-18-15-29(16-19-30)17-20-31-14-12-28-25(31)21-7-2-1-3-8-21/h1-5,7-10,12,14H,6,11,13,15-20H2. The number of nitrogens with zero attached hydrogens (tertiary/aromatic N) is 5. The Hall–Kier alpha value is -3.78. The van der Waals surface area contributed by atoms with Crippen molar-refractivity contribution >= 4 is 17.7 Å². The van der Waals surface area contributed by atoms with Crippen molar-refractivity contribution < 1.29 is 14.4 Å². The van der Waals surface area contributed by atoms with Crippen molar-refractivity contribution in [3.63, 3.8) is 0 Å². The molecule has 5 rings (SSSR count). The summed E-state index contributed by atoms with van der Waals surface area (Å²) < 4.78 is 2.17. The summed E-state index contributed by atoms with van der Waals surface area (Å²) in [7, 11) is 0. The van der Waals surface area contributed by atoms with Crippen LogP contribution in [0.1, 0.15) is 33.6 Å². The minimum absolute atomic E-state index is 0.0854. The predicted molar refractivity (Wildman–Crippen MR) is 132 cm³/mol. The smallest absolute Gasteiger partial charge is 0.261 e. The lowest BCUT2D eigenvalue weighted by Gasteiger charge is -2.35. The van der Waals surface area contributed by atoms with Crippen LogP contribution in [0.2, 0.25) is 0 Å². The van der Waals surface area contributed by atoms with Gasteiger partial charge in [-0.15, -0.1) is 0 Å². The fourth-order valence-corrected chi connectivity index (χ4v) is 4.80. The molecule has 3 amide bonds. The Bertz CT molecular complexity index is 1180. The Morgan fingerprint density at radius 1 is 0.800 bits per heavy atom. The van der Waals surface area contributed by atoms with E-state index in [1.165, 1.54) is 4.90 Å². The van der Waals surface area contributed by atoms with Gasteiger partial charge in [-0.2, -0.15) is 0 Å². The van der Waals surface area contributed by atoms with Gasteiger partial charge < -0.3 is 9.47 Å². The minimum Gasteiger partial charge on any atom is -0.340 e. The summed E-state index contributed by atoms with van der Waals surface area (Å²) >= 11 is 0. The third kappa shape index (κ3) is 4.88. The van der Waals surface area contributed by atoms with Crippen LogP contribution in [0.25, 0.3) is 11.4 Å². The maximum atomic E-state index is 12.7. The first-order valence-electron chi connectivity index (χ1n) is 12.1. The van der Waals surface area contributed by atoms with Crippen molar-refractivity contribution in [2.24, 2.45) is 0 Å². The van der Waals surface area contributed by atoms with Crippen LogP contribution < -0.4 is 0 Å². The largest absolute Gasteiger partial charge is 0.340 e. The van der Waals surface area contributed by atoms with E-state index in [9.17, 15) is 14.4 Å². The topological polar surface area (TPSA) is 78.8 Å². The average Bonchev–Trinajstić information content (AvgIpc) is 3.47.